The maximum absolute atomic E-state index is 8.53. The first-order chi connectivity index (χ1) is 6.81. The maximum Gasteiger partial charge on any atom is 0.252 e. The quantitative estimate of drug-likeness (QED) is 0.701. The van der Waals surface area contributed by atoms with E-state index in [-0.39, 0.29) is 5.82 Å². The van der Waals surface area contributed by atoms with Crippen molar-refractivity contribution in [2.75, 3.05) is 0 Å². The number of nitrogens with zero attached hydrogens (tertiary/aromatic N) is 5. The van der Waals surface area contributed by atoms with Crippen molar-refractivity contribution >= 4 is 11.6 Å². The molecule has 0 aromatic carbocycles. The first-order valence-corrected chi connectivity index (χ1v) is 4.11. The standard InChI is InChI=1S/C8H4ClN5/c9-6-2-1-3-11-8(6)14-5-12-7(4-10)13-14/h1-3,5H. The molecule has 5 nitrogen and oxygen atoms in total. The Morgan fingerprint density at radius 2 is 2.29 bits per heavy atom. The molecule has 0 aliphatic carbocycles. The van der Waals surface area contributed by atoms with Crippen molar-refractivity contribution in [2.45, 2.75) is 0 Å². The molecule has 0 aliphatic heterocycles. The molecule has 0 aliphatic rings. The molecule has 2 aromatic rings. The van der Waals surface area contributed by atoms with E-state index in [1.165, 1.54) is 11.0 Å². The first kappa shape index (κ1) is 8.66. The van der Waals surface area contributed by atoms with Crippen molar-refractivity contribution < 1.29 is 0 Å². The number of rotatable bonds is 1. The minimum atomic E-state index is 0.0896. The van der Waals surface area contributed by atoms with Crippen LogP contribution in [-0.2, 0) is 0 Å². The van der Waals surface area contributed by atoms with Crippen LogP contribution in [0.5, 0.6) is 0 Å². The zero-order chi connectivity index (χ0) is 9.97. The molecule has 0 spiro atoms. The van der Waals surface area contributed by atoms with Gasteiger partial charge in [0.1, 0.15) is 12.4 Å². The number of hydrogen-bond acceptors (Lipinski definition) is 4. The highest BCUT2D eigenvalue weighted by Gasteiger charge is 2.05. The lowest BCUT2D eigenvalue weighted by Gasteiger charge is -1.99. The Hall–Kier alpha value is -1.93. The fourth-order valence-electron chi connectivity index (χ4n) is 0.962. The molecule has 0 radical (unpaired) electrons. The first-order valence-electron chi connectivity index (χ1n) is 3.74. The van der Waals surface area contributed by atoms with Gasteiger partial charge in [-0.1, -0.05) is 11.6 Å². The van der Waals surface area contributed by atoms with Crippen molar-refractivity contribution in [3.63, 3.8) is 0 Å². The van der Waals surface area contributed by atoms with E-state index < -0.39 is 0 Å². The van der Waals surface area contributed by atoms with Crippen LogP contribution in [0.1, 0.15) is 5.82 Å². The molecule has 68 valence electrons. The zero-order valence-electron chi connectivity index (χ0n) is 6.92. The summed E-state index contributed by atoms with van der Waals surface area (Å²) in [5, 5.41) is 12.8. The number of nitriles is 1. The van der Waals surface area contributed by atoms with Gasteiger partial charge in [0.2, 0.25) is 0 Å². The van der Waals surface area contributed by atoms with Crippen LogP contribution >= 0.6 is 11.6 Å². The predicted octanol–water partition coefficient (Wildman–Crippen LogP) is 1.19. The summed E-state index contributed by atoms with van der Waals surface area (Å²) < 4.78 is 1.36. The molecule has 0 amide bonds. The Morgan fingerprint density at radius 3 is 2.93 bits per heavy atom. The average molecular weight is 206 g/mol. The number of hydrogen-bond donors (Lipinski definition) is 0. The van der Waals surface area contributed by atoms with Gasteiger partial charge in [-0.05, 0) is 12.1 Å². The Kier molecular flexibility index (Phi) is 2.13. The SMILES string of the molecule is N#Cc1ncn(-c2ncccc2Cl)n1. The number of aromatic nitrogens is 4. The highest BCUT2D eigenvalue weighted by molar-refractivity contribution is 6.32. The van der Waals surface area contributed by atoms with Crippen LogP contribution in [0.2, 0.25) is 5.02 Å². The molecule has 2 heterocycles. The van der Waals surface area contributed by atoms with Gasteiger partial charge in [-0.25, -0.2) is 9.97 Å². The van der Waals surface area contributed by atoms with Gasteiger partial charge in [-0.3, -0.25) is 0 Å². The highest BCUT2D eigenvalue weighted by Crippen LogP contribution is 2.15. The van der Waals surface area contributed by atoms with Crippen LogP contribution in [0, 0.1) is 11.3 Å². The predicted molar refractivity (Wildman–Crippen MR) is 48.9 cm³/mol. The number of pyridine rings is 1. The van der Waals surface area contributed by atoms with E-state index in [9.17, 15) is 0 Å². The van der Waals surface area contributed by atoms with E-state index in [0.29, 0.717) is 10.8 Å². The Bertz CT molecular complexity index is 498. The molecule has 6 heteroatoms. The number of halogens is 1. The third kappa shape index (κ3) is 1.43. The second-order valence-corrected chi connectivity index (χ2v) is 2.84. The molecule has 0 saturated heterocycles. The van der Waals surface area contributed by atoms with Crippen LogP contribution in [0.4, 0.5) is 0 Å². The minimum absolute atomic E-state index is 0.0896. The molecule has 0 bridgehead atoms. The fourth-order valence-corrected chi connectivity index (χ4v) is 1.17. The normalized spacial score (nSPS) is 9.71. The molecule has 2 aromatic heterocycles. The molecule has 14 heavy (non-hydrogen) atoms. The van der Waals surface area contributed by atoms with Crippen LogP contribution in [0.15, 0.2) is 24.7 Å². The molecule has 0 N–H and O–H groups in total. The van der Waals surface area contributed by atoms with Gasteiger partial charge in [0.05, 0.1) is 5.02 Å². The summed E-state index contributed by atoms with van der Waals surface area (Å²) in [6.45, 7) is 0. The van der Waals surface area contributed by atoms with Gasteiger partial charge < -0.3 is 0 Å². The van der Waals surface area contributed by atoms with Gasteiger partial charge >= 0.3 is 0 Å². The second kappa shape index (κ2) is 3.44. The second-order valence-electron chi connectivity index (χ2n) is 2.43. The van der Waals surface area contributed by atoms with Crippen molar-refractivity contribution in [2.24, 2.45) is 0 Å². The van der Waals surface area contributed by atoms with Gasteiger partial charge in [-0.15, -0.1) is 5.10 Å². The zero-order valence-corrected chi connectivity index (χ0v) is 7.68. The summed E-state index contributed by atoms with van der Waals surface area (Å²) >= 11 is 5.88. The average Bonchev–Trinajstić information content (AvgIpc) is 2.67. The van der Waals surface area contributed by atoms with E-state index in [2.05, 4.69) is 15.1 Å². The maximum atomic E-state index is 8.53. The Morgan fingerprint density at radius 1 is 1.43 bits per heavy atom. The van der Waals surface area contributed by atoms with Gasteiger partial charge in [0.25, 0.3) is 5.82 Å². The molecular formula is C8H4ClN5. The topological polar surface area (TPSA) is 67.4 Å². The third-order valence-corrected chi connectivity index (χ3v) is 1.84. The van der Waals surface area contributed by atoms with Crippen LogP contribution in [-0.4, -0.2) is 19.7 Å². The van der Waals surface area contributed by atoms with Crippen molar-refractivity contribution in [3.8, 4) is 11.9 Å². The highest BCUT2D eigenvalue weighted by atomic mass is 35.5. The molecular weight excluding hydrogens is 202 g/mol. The van der Waals surface area contributed by atoms with Crippen molar-refractivity contribution in [3.05, 3.63) is 35.5 Å². The minimum Gasteiger partial charge on any atom is -0.236 e. The summed E-state index contributed by atoms with van der Waals surface area (Å²) in [7, 11) is 0. The smallest absolute Gasteiger partial charge is 0.236 e. The lowest BCUT2D eigenvalue weighted by Crippen LogP contribution is -1.98. The van der Waals surface area contributed by atoms with Crippen LogP contribution in [0.25, 0.3) is 5.82 Å². The molecule has 0 fully saturated rings. The molecule has 0 saturated carbocycles. The van der Waals surface area contributed by atoms with Gasteiger partial charge in [0, 0.05) is 6.20 Å². The Labute approximate surface area is 84.6 Å². The lowest BCUT2D eigenvalue weighted by molar-refractivity contribution is 0.840. The summed E-state index contributed by atoms with van der Waals surface area (Å²) in [6.07, 6.45) is 2.99. The molecule has 0 atom stereocenters. The van der Waals surface area contributed by atoms with Crippen molar-refractivity contribution in [1.29, 1.82) is 5.26 Å². The summed E-state index contributed by atoms with van der Waals surface area (Å²) in [5.74, 6) is 0.551. The van der Waals surface area contributed by atoms with E-state index in [4.69, 9.17) is 16.9 Å². The summed E-state index contributed by atoms with van der Waals surface area (Å²) in [6, 6.07) is 5.23. The van der Waals surface area contributed by atoms with Crippen molar-refractivity contribution in [1.82, 2.24) is 19.7 Å². The van der Waals surface area contributed by atoms with Gasteiger partial charge in [-0.2, -0.15) is 9.94 Å². The van der Waals surface area contributed by atoms with Crippen LogP contribution in [0.3, 0.4) is 0 Å². The molecule has 0 unspecified atom stereocenters. The largest absolute Gasteiger partial charge is 0.252 e. The van der Waals surface area contributed by atoms with E-state index in [0.717, 1.165) is 0 Å². The van der Waals surface area contributed by atoms with Crippen LogP contribution < -0.4 is 0 Å². The molecule has 2 rings (SSSR count). The fraction of sp³-hybridized carbons (Fsp3) is 0. The Balaban J connectivity index is 2.51. The summed E-state index contributed by atoms with van der Waals surface area (Å²) in [5.41, 5.74) is 0. The van der Waals surface area contributed by atoms with E-state index in [1.54, 1.807) is 18.3 Å². The lowest BCUT2D eigenvalue weighted by atomic mass is 10.5. The summed E-state index contributed by atoms with van der Waals surface area (Å²) in [4.78, 5) is 7.76. The van der Waals surface area contributed by atoms with Gasteiger partial charge in [0.15, 0.2) is 5.82 Å². The van der Waals surface area contributed by atoms with E-state index in [1.807, 2.05) is 6.07 Å². The third-order valence-electron chi connectivity index (χ3n) is 1.55. The van der Waals surface area contributed by atoms with E-state index >= 15 is 0 Å². The monoisotopic (exact) mass is 205 g/mol.